The quantitative estimate of drug-likeness (QED) is 0.596. The summed E-state index contributed by atoms with van der Waals surface area (Å²) in [6.45, 7) is 0.530. The molecule has 8 heteroatoms. The molecule has 4 rings (SSSR count). The van der Waals surface area contributed by atoms with Crippen molar-refractivity contribution in [2.24, 2.45) is 0 Å². The van der Waals surface area contributed by atoms with Gasteiger partial charge < -0.3 is 10.1 Å². The van der Waals surface area contributed by atoms with Crippen molar-refractivity contribution in [2.45, 2.75) is 17.7 Å². The first kappa shape index (κ1) is 21.0. The van der Waals surface area contributed by atoms with E-state index >= 15 is 0 Å². The summed E-state index contributed by atoms with van der Waals surface area (Å²) in [7, 11) is -3.58. The van der Waals surface area contributed by atoms with Gasteiger partial charge >= 0.3 is 5.97 Å². The Hall–Kier alpha value is -3.23. The van der Waals surface area contributed by atoms with Crippen molar-refractivity contribution in [3.8, 4) is 0 Å². The van der Waals surface area contributed by atoms with E-state index in [1.807, 2.05) is 30.3 Å². The van der Waals surface area contributed by atoms with Crippen molar-refractivity contribution in [1.29, 1.82) is 0 Å². The monoisotopic (exact) mass is 438 g/mol. The molecule has 1 aliphatic rings. The third-order valence-corrected chi connectivity index (χ3v) is 7.03. The zero-order valence-electron chi connectivity index (χ0n) is 16.8. The highest BCUT2D eigenvalue weighted by molar-refractivity contribution is 7.89. The molecule has 1 amide bonds. The Kier molecular flexibility index (Phi) is 6.01. The number of sulfonamides is 1. The van der Waals surface area contributed by atoms with E-state index in [-0.39, 0.29) is 4.90 Å². The lowest BCUT2D eigenvalue weighted by molar-refractivity contribution is -0.119. The van der Waals surface area contributed by atoms with Gasteiger partial charge in [-0.3, -0.25) is 4.79 Å². The van der Waals surface area contributed by atoms with E-state index in [0.717, 1.165) is 23.6 Å². The number of rotatable bonds is 6. The van der Waals surface area contributed by atoms with Crippen molar-refractivity contribution in [1.82, 2.24) is 4.31 Å². The molecular formula is C23H22N2O5S. The van der Waals surface area contributed by atoms with Crippen LogP contribution in [0.4, 0.5) is 5.69 Å². The van der Waals surface area contributed by atoms with Crippen LogP contribution in [0.15, 0.2) is 71.6 Å². The number of amides is 1. The Morgan fingerprint density at radius 3 is 2.42 bits per heavy atom. The fourth-order valence-corrected chi connectivity index (χ4v) is 5.10. The van der Waals surface area contributed by atoms with Crippen LogP contribution in [-0.2, 0) is 19.6 Å². The number of carbonyl (C=O) groups excluding carboxylic acids is 2. The highest BCUT2D eigenvalue weighted by Crippen LogP contribution is 2.23. The van der Waals surface area contributed by atoms with Gasteiger partial charge in [-0.05, 0) is 53.9 Å². The summed E-state index contributed by atoms with van der Waals surface area (Å²) in [6, 6.07) is 18.9. The molecule has 7 nitrogen and oxygen atoms in total. The van der Waals surface area contributed by atoms with E-state index in [2.05, 4.69) is 5.32 Å². The van der Waals surface area contributed by atoms with Gasteiger partial charge in [-0.2, -0.15) is 4.31 Å². The molecule has 0 aliphatic carbocycles. The van der Waals surface area contributed by atoms with Gasteiger partial charge in [-0.15, -0.1) is 0 Å². The van der Waals surface area contributed by atoms with Gasteiger partial charge in [0.25, 0.3) is 5.91 Å². The Labute approximate surface area is 180 Å². The number of nitrogens with zero attached hydrogens (tertiary/aromatic N) is 1. The van der Waals surface area contributed by atoms with Crippen LogP contribution >= 0.6 is 0 Å². The molecule has 31 heavy (non-hydrogen) atoms. The molecule has 1 heterocycles. The van der Waals surface area contributed by atoms with Crippen LogP contribution < -0.4 is 5.32 Å². The van der Waals surface area contributed by atoms with Crippen LogP contribution in [0.1, 0.15) is 23.2 Å². The molecule has 0 spiro atoms. The van der Waals surface area contributed by atoms with Gasteiger partial charge in [0.1, 0.15) is 0 Å². The highest BCUT2D eigenvalue weighted by atomic mass is 32.2. The molecule has 0 radical (unpaired) electrons. The third-order valence-electron chi connectivity index (χ3n) is 5.14. The average Bonchev–Trinajstić information content (AvgIpc) is 3.33. The predicted molar refractivity (Wildman–Crippen MR) is 117 cm³/mol. The molecule has 160 valence electrons. The Balaban J connectivity index is 1.38. The van der Waals surface area contributed by atoms with Gasteiger partial charge in [0.2, 0.25) is 10.0 Å². The second-order valence-corrected chi connectivity index (χ2v) is 9.26. The number of benzene rings is 3. The number of esters is 1. The zero-order chi connectivity index (χ0) is 21.8. The summed E-state index contributed by atoms with van der Waals surface area (Å²) in [5.74, 6) is -1.16. The van der Waals surface area contributed by atoms with Crippen LogP contribution in [0.25, 0.3) is 10.8 Å². The molecule has 0 atom stereocenters. The fourth-order valence-electron chi connectivity index (χ4n) is 3.54. The van der Waals surface area contributed by atoms with Crippen LogP contribution in [-0.4, -0.2) is 44.3 Å². The minimum atomic E-state index is -3.58. The van der Waals surface area contributed by atoms with Crippen LogP contribution in [0.3, 0.4) is 0 Å². The summed E-state index contributed by atoms with van der Waals surface area (Å²) in [4.78, 5) is 24.6. The number of nitrogens with one attached hydrogen (secondary N) is 1. The van der Waals surface area contributed by atoms with Crippen molar-refractivity contribution >= 4 is 38.4 Å². The fraction of sp³-hybridized carbons (Fsp3) is 0.217. The van der Waals surface area contributed by atoms with E-state index < -0.39 is 28.5 Å². The molecule has 3 aromatic carbocycles. The SMILES string of the molecule is O=C(COC(=O)c1ccc2ccccc2c1)Nc1cccc(S(=O)(=O)N2CCCC2)c1. The first-order valence-corrected chi connectivity index (χ1v) is 11.4. The second kappa shape index (κ2) is 8.87. The second-order valence-electron chi connectivity index (χ2n) is 7.33. The van der Waals surface area contributed by atoms with Crippen LogP contribution in [0.5, 0.6) is 0 Å². The zero-order valence-corrected chi connectivity index (χ0v) is 17.6. The summed E-state index contributed by atoms with van der Waals surface area (Å²) in [5.41, 5.74) is 0.678. The minimum Gasteiger partial charge on any atom is -0.452 e. The van der Waals surface area contributed by atoms with Gasteiger partial charge in [0.15, 0.2) is 6.61 Å². The van der Waals surface area contributed by atoms with Crippen LogP contribution in [0.2, 0.25) is 0 Å². The van der Waals surface area contributed by atoms with E-state index in [1.54, 1.807) is 24.3 Å². The van der Waals surface area contributed by atoms with Crippen molar-refractivity contribution in [2.75, 3.05) is 25.0 Å². The molecule has 1 fully saturated rings. The first-order chi connectivity index (χ1) is 14.9. The predicted octanol–water partition coefficient (Wildman–Crippen LogP) is 3.42. The topological polar surface area (TPSA) is 92.8 Å². The largest absolute Gasteiger partial charge is 0.452 e. The summed E-state index contributed by atoms with van der Waals surface area (Å²) in [5, 5.41) is 4.48. The Morgan fingerprint density at radius 1 is 0.903 bits per heavy atom. The average molecular weight is 439 g/mol. The first-order valence-electron chi connectivity index (χ1n) is 9.99. The lowest BCUT2D eigenvalue weighted by atomic mass is 10.1. The molecular weight excluding hydrogens is 416 g/mol. The maximum Gasteiger partial charge on any atom is 0.338 e. The number of carbonyl (C=O) groups is 2. The molecule has 1 aliphatic heterocycles. The number of anilines is 1. The van der Waals surface area contributed by atoms with Gasteiger partial charge in [0, 0.05) is 18.8 Å². The normalized spacial score (nSPS) is 14.5. The van der Waals surface area contributed by atoms with Gasteiger partial charge in [0.05, 0.1) is 10.5 Å². The van der Waals surface area contributed by atoms with E-state index in [1.165, 1.54) is 16.4 Å². The number of ether oxygens (including phenoxy) is 1. The highest BCUT2D eigenvalue weighted by Gasteiger charge is 2.27. The molecule has 1 N–H and O–H groups in total. The number of hydrogen-bond donors (Lipinski definition) is 1. The van der Waals surface area contributed by atoms with Crippen molar-refractivity contribution < 1.29 is 22.7 Å². The van der Waals surface area contributed by atoms with Crippen molar-refractivity contribution in [3.05, 3.63) is 72.3 Å². The van der Waals surface area contributed by atoms with Gasteiger partial charge in [-0.25, -0.2) is 13.2 Å². The Morgan fingerprint density at radius 2 is 1.65 bits per heavy atom. The Bertz CT molecular complexity index is 1230. The van der Waals surface area contributed by atoms with E-state index in [9.17, 15) is 18.0 Å². The summed E-state index contributed by atoms with van der Waals surface area (Å²) < 4.78 is 31.9. The molecule has 0 saturated carbocycles. The van der Waals surface area contributed by atoms with E-state index in [0.29, 0.717) is 24.3 Å². The molecule has 3 aromatic rings. The summed E-state index contributed by atoms with van der Waals surface area (Å²) in [6.07, 6.45) is 1.69. The maximum atomic E-state index is 12.7. The molecule has 1 saturated heterocycles. The third kappa shape index (κ3) is 4.76. The number of hydrogen-bond acceptors (Lipinski definition) is 5. The maximum absolute atomic E-state index is 12.7. The van der Waals surface area contributed by atoms with E-state index in [4.69, 9.17) is 4.74 Å². The molecule has 0 unspecified atom stereocenters. The van der Waals surface area contributed by atoms with Gasteiger partial charge in [-0.1, -0.05) is 36.4 Å². The summed E-state index contributed by atoms with van der Waals surface area (Å²) >= 11 is 0. The number of fused-ring (bicyclic) bond motifs is 1. The lowest BCUT2D eigenvalue weighted by Gasteiger charge is -2.16. The lowest BCUT2D eigenvalue weighted by Crippen LogP contribution is -2.28. The smallest absolute Gasteiger partial charge is 0.338 e. The van der Waals surface area contributed by atoms with Crippen LogP contribution in [0, 0.1) is 0 Å². The molecule has 0 bridgehead atoms. The minimum absolute atomic E-state index is 0.125. The standard InChI is InChI=1S/C23H22N2O5S/c26-22(16-30-23(27)19-11-10-17-6-1-2-7-18(17)14-19)24-20-8-5-9-21(15-20)31(28,29)25-12-3-4-13-25/h1-2,5-11,14-15H,3-4,12-13,16H2,(H,24,26). The molecule has 0 aromatic heterocycles. The van der Waals surface area contributed by atoms with Crippen molar-refractivity contribution in [3.63, 3.8) is 0 Å².